The summed E-state index contributed by atoms with van der Waals surface area (Å²) in [6.45, 7) is 8.09. The number of nitro groups is 1. The zero-order chi connectivity index (χ0) is 16.6. The summed E-state index contributed by atoms with van der Waals surface area (Å²) < 4.78 is 32.7. The van der Waals surface area contributed by atoms with Gasteiger partial charge in [-0.2, -0.15) is 14.0 Å². The van der Waals surface area contributed by atoms with Gasteiger partial charge < -0.3 is 4.90 Å². The Bertz CT molecular complexity index is 576. The minimum absolute atomic E-state index is 0.134. The summed E-state index contributed by atoms with van der Waals surface area (Å²) in [6.07, 6.45) is 0. The molecule has 1 N–H and O–H groups in total. The van der Waals surface area contributed by atoms with E-state index < -0.39 is 10.2 Å². The summed E-state index contributed by atoms with van der Waals surface area (Å²) in [6, 6.07) is 4.96. The average molecular weight is 319 g/mol. The van der Waals surface area contributed by atoms with E-state index in [1.165, 1.54) is 6.07 Å². The van der Waals surface area contributed by atoms with Crippen LogP contribution in [0.4, 0.5) is 11.4 Å². The molecular formula is C12H15ClN2O6. The van der Waals surface area contributed by atoms with Crippen LogP contribution in [-0.4, -0.2) is 16.6 Å². The molecule has 9 heteroatoms. The fraction of sp³-hybridized carbons (Fsp3) is 0.333. The standard InChI is InChI=1S/C12H14N2O2.ClHO4/c1-8-12(2,3)10-7-9(14(15)16)5-6-11(10)13(8)4;2-1(3,4)5/h5-7H,1H2,2-4H3;(H,2,3,4,5). The SMILES string of the molecule is C=C1N(C)c2ccc([N+](=O)[O-])cc2C1(C)C.[O-][Cl+3]([O-])([O-])O. The first-order chi connectivity index (χ1) is 9.35. The van der Waals surface area contributed by atoms with Gasteiger partial charge in [-0.15, -0.1) is 0 Å². The molecule has 1 aliphatic rings. The van der Waals surface area contributed by atoms with Crippen molar-refractivity contribution < 1.29 is 33.8 Å². The minimum atomic E-state index is -4.69. The molecule has 0 aromatic heterocycles. The second kappa shape index (κ2) is 5.58. The van der Waals surface area contributed by atoms with E-state index in [-0.39, 0.29) is 16.0 Å². The van der Waals surface area contributed by atoms with Gasteiger partial charge in [0.15, 0.2) is 0 Å². The zero-order valence-corrected chi connectivity index (χ0v) is 12.5. The van der Waals surface area contributed by atoms with Gasteiger partial charge in [0.25, 0.3) is 5.69 Å². The quantitative estimate of drug-likeness (QED) is 0.502. The molecule has 0 aliphatic carbocycles. The van der Waals surface area contributed by atoms with Crippen LogP contribution in [0, 0.1) is 20.4 Å². The third-order valence-electron chi connectivity index (χ3n) is 3.35. The van der Waals surface area contributed by atoms with Crippen LogP contribution in [0.2, 0.25) is 0 Å². The number of fused-ring (bicyclic) bond motifs is 1. The molecule has 116 valence electrons. The molecule has 21 heavy (non-hydrogen) atoms. The number of rotatable bonds is 1. The van der Waals surface area contributed by atoms with Crippen molar-refractivity contribution in [2.24, 2.45) is 0 Å². The first-order valence-corrected chi connectivity index (χ1v) is 6.97. The summed E-state index contributed by atoms with van der Waals surface area (Å²) >= 11 is 0. The van der Waals surface area contributed by atoms with Crippen LogP contribution in [-0.2, 0) is 5.41 Å². The Morgan fingerprint density at radius 2 is 1.81 bits per heavy atom. The fourth-order valence-corrected chi connectivity index (χ4v) is 2.15. The molecule has 0 bridgehead atoms. The zero-order valence-electron chi connectivity index (χ0n) is 11.7. The second-order valence-electron chi connectivity index (χ2n) is 4.99. The van der Waals surface area contributed by atoms with Crippen LogP contribution in [0.25, 0.3) is 0 Å². The maximum Gasteiger partial charge on any atom is 0.269 e. The van der Waals surface area contributed by atoms with Crippen LogP contribution in [0.3, 0.4) is 0 Å². The van der Waals surface area contributed by atoms with Gasteiger partial charge in [-0.3, -0.25) is 10.1 Å². The number of allylic oxidation sites excluding steroid dienone is 1. The molecule has 1 aliphatic heterocycles. The van der Waals surface area contributed by atoms with E-state index >= 15 is 0 Å². The Morgan fingerprint density at radius 3 is 2.24 bits per heavy atom. The highest BCUT2D eigenvalue weighted by atomic mass is 35.7. The number of hydrogen-bond donors (Lipinski definition) is 1. The molecule has 0 atom stereocenters. The lowest BCUT2D eigenvalue weighted by Crippen LogP contribution is -2.58. The number of anilines is 1. The number of halogens is 1. The smallest absolute Gasteiger partial charge is 0.269 e. The normalized spacial score (nSPS) is 16.1. The van der Waals surface area contributed by atoms with Crippen LogP contribution in [0.15, 0.2) is 30.5 Å². The summed E-state index contributed by atoms with van der Waals surface area (Å²) in [7, 11) is -2.76. The number of nitrogens with zero attached hydrogens (tertiary/aromatic N) is 2. The molecule has 0 saturated carbocycles. The number of nitro benzene ring substituents is 1. The Morgan fingerprint density at radius 1 is 1.33 bits per heavy atom. The average Bonchev–Trinajstić information content (AvgIpc) is 2.49. The van der Waals surface area contributed by atoms with Gasteiger partial charge in [0, 0.05) is 36.0 Å². The summed E-state index contributed by atoms with van der Waals surface area (Å²) in [5.74, 6) is 0. The lowest BCUT2D eigenvalue weighted by Gasteiger charge is -2.22. The minimum Gasteiger partial charge on any atom is -0.348 e. The van der Waals surface area contributed by atoms with E-state index in [2.05, 4.69) is 6.58 Å². The molecule has 0 radical (unpaired) electrons. The first kappa shape index (κ1) is 17.3. The van der Waals surface area contributed by atoms with E-state index in [9.17, 15) is 10.1 Å². The van der Waals surface area contributed by atoms with Crippen molar-refractivity contribution in [3.63, 3.8) is 0 Å². The second-order valence-corrected chi connectivity index (χ2v) is 5.78. The topological polar surface area (TPSA) is 136 Å². The molecular weight excluding hydrogens is 304 g/mol. The third kappa shape index (κ3) is 3.90. The van der Waals surface area contributed by atoms with Crippen molar-refractivity contribution >= 4 is 11.4 Å². The predicted octanol–water partition coefficient (Wildman–Crippen LogP) is -1.29. The van der Waals surface area contributed by atoms with Crippen molar-refractivity contribution in [2.45, 2.75) is 19.3 Å². The number of hydrogen-bond acceptors (Lipinski definition) is 7. The predicted molar refractivity (Wildman–Crippen MR) is 65.9 cm³/mol. The van der Waals surface area contributed by atoms with Crippen molar-refractivity contribution in [3.8, 4) is 0 Å². The van der Waals surface area contributed by atoms with Gasteiger partial charge in [0.2, 0.25) is 0 Å². The molecule has 0 amide bonds. The molecule has 0 unspecified atom stereocenters. The first-order valence-electron chi connectivity index (χ1n) is 5.71. The van der Waals surface area contributed by atoms with Crippen LogP contribution in [0.5, 0.6) is 0 Å². The Balaban J connectivity index is 0.000000383. The van der Waals surface area contributed by atoms with E-state index in [4.69, 9.17) is 18.6 Å². The maximum atomic E-state index is 10.7. The highest BCUT2D eigenvalue weighted by Gasteiger charge is 2.38. The molecule has 2 rings (SSSR count). The van der Waals surface area contributed by atoms with E-state index in [1.54, 1.807) is 12.1 Å². The Hall–Kier alpha value is -1.71. The highest BCUT2D eigenvalue weighted by molar-refractivity contribution is 5.71. The number of benzene rings is 1. The summed E-state index contributed by atoms with van der Waals surface area (Å²) in [4.78, 5) is 12.4. The lowest BCUT2D eigenvalue weighted by atomic mass is 9.84. The molecule has 0 fully saturated rings. The summed E-state index contributed by atoms with van der Waals surface area (Å²) in [5, 5.41) is 10.7. The van der Waals surface area contributed by atoms with Gasteiger partial charge in [0.1, 0.15) is 0 Å². The van der Waals surface area contributed by atoms with E-state index in [0.29, 0.717) is 0 Å². The number of non-ortho nitro benzene ring substituents is 1. The van der Waals surface area contributed by atoms with Crippen molar-refractivity contribution in [3.05, 3.63) is 46.2 Å². The molecule has 1 aromatic rings. The molecule has 0 spiro atoms. The fourth-order valence-electron chi connectivity index (χ4n) is 2.15. The largest absolute Gasteiger partial charge is 0.348 e. The van der Waals surface area contributed by atoms with E-state index in [0.717, 1.165) is 16.9 Å². The van der Waals surface area contributed by atoms with Gasteiger partial charge in [-0.25, -0.2) is 0 Å². The van der Waals surface area contributed by atoms with Gasteiger partial charge in [0.05, 0.1) is 19.8 Å². The Kier molecular flexibility index (Phi) is 4.61. The van der Waals surface area contributed by atoms with Crippen LogP contribution < -0.4 is 18.9 Å². The van der Waals surface area contributed by atoms with Gasteiger partial charge >= 0.3 is 0 Å². The summed E-state index contributed by atoms with van der Waals surface area (Å²) in [5.41, 5.74) is 2.82. The molecule has 1 heterocycles. The van der Waals surface area contributed by atoms with Crippen molar-refractivity contribution in [1.29, 1.82) is 0 Å². The van der Waals surface area contributed by atoms with Gasteiger partial charge in [-0.05, 0) is 11.6 Å². The number of likely N-dealkylation sites (N-methyl/N-ethyl adjacent to an activating group) is 1. The molecule has 1 aromatic carbocycles. The monoisotopic (exact) mass is 318 g/mol. The molecule has 8 nitrogen and oxygen atoms in total. The lowest BCUT2D eigenvalue weighted by molar-refractivity contribution is -1.92. The van der Waals surface area contributed by atoms with Crippen LogP contribution >= 0.6 is 0 Å². The Labute approximate surface area is 123 Å². The van der Waals surface area contributed by atoms with E-state index in [1.807, 2.05) is 25.8 Å². The van der Waals surface area contributed by atoms with Crippen molar-refractivity contribution in [2.75, 3.05) is 11.9 Å². The highest BCUT2D eigenvalue weighted by Crippen LogP contribution is 2.47. The third-order valence-corrected chi connectivity index (χ3v) is 3.35. The van der Waals surface area contributed by atoms with Crippen LogP contribution in [0.1, 0.15) is 19.4 Å². The van der Waals surface area contributed by atoms with Crippen molar-refractivity contribution in [1.82, 2.24) is 0 Å². The maximum absolute atomic E-state index is 10.7. The molecule has 0 saturated heterocycles. The van der Waals surface area contributed by atoms with Gasteiger partial charge in [-0.1, -0.05) is 20.4 Å².